The first-order chi connectivity index (χ1) is 10.5. The molecule has 3 aromatic rings. The molecule has 0 saturated heterocycles. The largest absolute Gasteiger partial charge is 0.419 e. The van der Waals surface area contributed by atoms with Gasteiger partial charge in [0.05, 0.1) is 11.9 Å². The van der Waals surface area contributed by atoms with E-state index in [1.54, 1.807) is 43.4 Å². The maximum absolute atomic E-state index is 13.5. The number of nitrogens with zero attached hydrogens (tertiary/aromatic N) is 1. The van der Waals surface area contributed by atoms with E-state index in [0.29, 0.717) is 22.4 Å². The molecule has 6 heteroatoms. The van der Waals surface area contributed by atoms with Gasteiger partial charge in [0.1, 0.15) is 5.82 Å². The Balaban J connectivity index is 1.79. The minimum atomic E-state index is -0.468. The normalized spacial score (nSPS) is 10.8. The predicted molar refractivity (Wildman–Crippen MR) is 80.2 cm³/mol. The third-order valence-electron chi connectivity index (χ3n) is 3.38. The third kappa shape index (κ3) is 2.63. The Hall–Kier alpha value is -2.89. The Labute approximate surface area is 125 Å². The zero-order valence-corrected chi connectivity index (χ0v) is 11.8. The van der Waals surface area contributed by atoms with Gasteiger partial charge in [0, 0.05) is 18.8 Å². The van der Waals surface area contributed by atoms with Crippen LogP contribution in [0.4, 0.5) is 10.1 Å². The van der Waals surface area contributed by atoms with Crippen LogP contribution in [0, 0.1) is 5.82 Å². The fourth-order valence-corrected chi connectivity index (χ4v) is 2.23. The summed E-state index contributed by atoms with van der Waals surface area (Å²) in [7, 11) is 1.60. The number of rotatable bonds is 3. The molecule has 0 radical (unpaired) electrons. The summed E-state index contributed by atoms with van der Waals surface area (Å²) >= 11 is 0. The summed E-state index contributed by atoms with van der Waals surface area (Å²) in [6, 6.07) is 11.0. The number of anilines is 1. The number of oxazole rings is 1. The monoisotopic (exact) mass is 300 g/mol. The van der Waals surface area contributed by atoms with Crippen molar-refractivity contribution in [3.8, 4) is 0 Å². The number of aryl methyl sites for hydroxylation is 1. The van der Waals surface area contributed by atoms with Crippen molar-refractivity contribution in [1.82, 2.24) is 4.57 Å². The van der Waals surface area contributed by atoms with Crippen LogP contribution in [0.3, 0.4) is 0 Å². The molecule has 2 aromatic carbocycles. The fraction of sp³-hybridized carbons (Fsp3) is 0.125. The average molecular weight is 300 g/mol. The van der Waals surface area contributed by atoms with E-state index < -0.39 is 11.6 Å². The van der Waals surface area contributed by atoms with Crippen molar-refractivity contribution >= 4 is 22.7 Å². The van der Waals surface area contributed by atoms with Gasteiger partial charge in [0.25, 0.3) is 0 Å². The van der Waals surface area contributed by atoms with Crippen LogP contribution in [0.2, 0.25) is 0 Å². The second-order valence-corrected chi connectivity index (χ2v) is 4.93. The van der Waals surface area contributed by atoms with Crippen LogP contribution in [-0.2, 0) is 18.3 Å². The van der Waals surface area contributed by atoms with Crippen LogP contribution in [0.25, 0.3) is 11.1 Å². The molecule has 112 valence electrons. The third-order valence-corrected chi connectivity index (χ3v) is 3.38. The van der Waals surface area contributed by atoms with Crippen molar-refractivity contribution in [2.24, 2.45) is 7.05 Å². The quantitative estimate of drug-likeness (QED) is 0.808. The number of carbonyl (C=O) groups is 1. The second kappa shape index (κ2) is 5.48. The van der Waals surface area contributed by atoms with Gasteiger partial charge in [0.2, 0.25) is 5.91 Å². The Morgan fingerprint density at radius 2 is 2.05 bits per heavy atom. The Bertz CT molecular complexity index is 911. The molecule has 1 N–H and O–H groups in total. The van der Waals surface area contributed by atoms with Crippen molar-refractivity contribution < 1.29 is 13.6 Å². The van der Waals surface area contributed by atoms with E-state index >= 15 is 0 Å². The van der Waals surface area contributed by atoms with E-state index in [1.165, 1.54) is 10.6 Å². The van der Waals surface area contributed by atoms with E-state index in [4.69, 9.17) is 4.42 Å². The van der Waals surface area contributed by atoms with Gasteiger partial charge >= 0.3 is 5.76 Å². The van der Waals surface area contributed by atoms with Crippen LogP contribution < -0.4 is 11.1 Å². The summed E-state index contributed by atoms with van der Waals surface area (Å²) in [4.78, 5) is 23.4. The van der Waals surface area contributed by atoms with Crippen LogP contribution in [0.15, 0.2) is 51.7 Å². The van der Waals surface area contributed by atoms with Gasteiger partial charge in [-0.05, 0) is 23.8 Å². The number of amides is 1. The van der Waals surface area contributed by atoms with E-state index in [0.717, 1.165) is 0 Å². The van der Waals surface area contributed by atoms with Crippen molar-refractivity contribution in [1.29, 1.82) is 0 Å². The Kier molecular flexibility index (Phi) is 3.50. The number of halogens is 1. The molecule has 0 unspecified atom stereocenters. The molecular weight excluding hydrogens is 287 g/mol. The highest BCUT2D eigenvalue weighted by Crippen LogP contribution is 2.18. The summed E-state index contributed by atoms with van der Waals surface area (Å²) in [5.74, 6) is -1.23. The molecule has 0 aliphatic rings. The highest BCUT2D eigenvalue weighted by atomic mass is 19.1. The van der Waals surface area contributed by atoms with Crippen molar-refractivity contribution in [2.45, 2.75) is 6.42 Å². The van der Waals surface area contributed by atoms with Crippen LogP contribution in [0.5, 0.6) is 0 Å². The molecule has 0 bridgehead atoms. The number of aromatic nitrogens is 1. The Morgan fingerprint density at radius 3 is 2.82 bits per heavy atom. The standard InChI is InChI=1S/C16H13FN2O3/c1-19-13-7-6-11(9-14(13)22-16(19)21)18-15(20)8-10-4-2-3-5-12(10)17/h2-7,9H,8H2,1H3,(H,18,20). The van der Waals surface area contributed by atoms with Gasteiger partial charge in [-0.3, -0.25) is 9.36 Å². The van der Waals surface area contributed by atoms with Crippen molar-refractivity contribution in [2.75, 3.05) is 5.32 Å². The van der Waals surface area contributed by atoms with E-state index in [9.17, 15) is 14.0 Å². The zero-order chi connectivity index (χ0) is 15.7. The number of hydrogen-bond donors (Lipinski definition) is 1. The van der Waals surface area contributed by atoms with Gasteiger partial charge < -0.3 is 9.73 Å². The summed E-state index contributed by atoms with van der Waals surface area (Å²) < 4.78 is 19.9. The maximum atomic E-state index is 13.5. The smallest absolute Gasteiger partial charge is 0.408 e. The van der Waals surface area contributed by atoms with Crippen LogP contribution >= 0.6 is 0 Å². The molecule has 5 nitrogen and oxygen atoms in total. The number of fused-ring (bicyclic) bond motifs is 1. The van der Waals surface area contributed by atoms with Gasteiger partial charge in [-0.1, -0.05) is 18.2 Å². The lowest BCUT2D eigenvalue weighted by molar-refractivity contribution is -0.115. The SMILES string of the molecule is Cn1c(=O)oc2cc(NC(=O)Cc3ccccc3F)ccc21. The summed E-state index contributed by atoms with van der Waals surface area (Å²) in [5, 5.41) is 2.66. The lowest BCUT2D eigenvalue weighted by Gasteiger charge is -2.06. The summed E-state index contributed by atoms with van der Waals surface area (Å²) in [6.45, 7) is 0. The molecule has 1 amide bonds. The predicted octanol–water partition coefficient (Wildman–Crippen LogP) is 2.45. The molecular formula is C16H13FN2O3. The lowest BCUT2D eigenvalue weighted by Crippen LogP contribution is -2.15. The minimum absolute atomic E-state index is 0.0660. The molecule has 0 atom stereocenters. The minimum Gasteiger partial charge on any atom is -0.408 e. The fourth-order valence-electron chi connectivity index (χ4n) is 2.23. The first-order valence-electron chi connectivity index (χ1n) is 6.67. The highest BCUT2D eigenvalue weighted by molar-refractivity contribution is 5.94. The highest BCUT2D eigenvalue weighted by Gasteiger charge is 2.10. The molecule has 3 rings (SSSR count). The summed E-state index contributed by atoms with van der Waals surface area (Å²) in [5.41, 5.74) is 1.84. The molecule has 1 heterocycles. The average Bonchev–Trinajstić information content (AvgIpc) is 2.76. The molecule has 0 spiro atoms. The van der Waals surface area contributed by atoms with Crippen molar-refractivity contribution in [3.05, 3.63) is 64.4 Å². The van der Waals surface area contributed by atoms with Crippen molar-refractivity contribution in [3.63, 3.8) is 0 Å². The Morgan fingerprint density at radius 1 is 1.27 bits per heavy atom. The van der Waals surface area contributed by atoms with E-state index in [-0.39, 0.29) is 12.3 Å². The maximum Gasteiger partial charge on any atom is 0.419 e. The molecule has 0 saturated carbocycles. The number of hydrogen-bond acceptors (Lipinski definition) is 3. The number of nitrogens with one attached hydrogen (secondary N) is 1. The molecule has 0 aliphatic carbocycles. The molecule has 0 aliphatic heterocycles. The van der Waals surface area contributed by atoms with E-state index in [1.807, 2.05) is 0 Å². The summed E-state index contributed by atoms with van der Waals surface area (Å²) in [6.07, 6.45) is -0.0660. The molecule has 0 fully saturated rings. The first kappa shape index (κ1) is 14.1. The van der Waals surface area contributed by atoms with Crippen LogP contribution in [0.1, 0.15) is 5.56 Å². The lowest BCUT2D eigenvalue weighted by atomic mass is 10.1. The number of benzene rings is 2. The zero-order valence-electron chi connectivity index (χ0n) is 11.8. The van der Waals surface area contributed by atoms with Gasteiger partial charge in [-0.25, -0.2) is 9.18 Å². The topological polar surface area (TPSA) is 64.2 Å². The van der Waals surface area contributed by atoms with Crippen LogP contribution in [-0.4, -0.2) is 10.5 Å². The first-order valence-corrected chi connectivity index (χ1v) is 6.67. The second-order valence-electron chi connectivity index (χ2n) is 4.93. The van der Waals surface area contributed by atoms with Gasteiger partial charge in [-0.2, -0.15) is 0 Å². The molecule has 1 aromatic heterocycles. The van der Waals surface area contributed by atoms with E-state index in [2.05, 4.69) is 5.32 Å². The van der Waals surface area contributed by atoms with Gasteiger partial charge in [0.15, 0.2) is 5.58 Å². The number of carbonyl (C=O) groups excluding carboxylic acids is 1. The van der Waals surface area contributed by atoms with Gasteiger partial charge in [-0.15, -0.1) is 0 Å². The molecule has 22 heavy (non-hydrogen) atoms.